The molecule has 3 heteroatoms. The minimum absolute atomic E-state index is 0.369. The van der Waals surface area contributed by atoms with Crippen LogP contribution in [0.2, 0.25) is 0 Å². The normalized spacial score (nSPS) is 16.7. The van der Waals surface area contributed by atoms with E-state index >= 15 is 0 Å². The molecule has 0 heterocycles. The van der Waals surface area contributed by atoms with Gasteiger partial charge in [0.05, 0.1) is 0 Å². The summed E-state index contributed by atoms with van der Waals surface area (Å²) in [5.74, 6) is 1.34. The molecule has 78 valence electrons. The molecule has 0 spiro atoms. The molecule has 12 heavy (non-hydrogen) atoms. The zero-order chi connectivity index (χ0) is 9.99. The molecule has 0 fully saturated rings. The monoisotopic (exact) mass is 228 g/mol. The number of rotatable bonds is 4. The SMILES string of the molecule is CSCC(S(C)(C)C)S(C)(C)C. The number of thioether (sulfide) groups is 1. The highest BCUT2D eigenvalue weighted by Gasteiger charge is 2.27. The van der Waals surface area contributed by atoms with Crippen molar-refractivity contribution >= 4 is 31.8 Å². The summed E-state index contributed by atoms with van der Waals surface area (Å²) in [6, 6.07) is 0. The molecule has 0 radical (unpaired) electrons. The van der Waals surface area contributed by atoms with E-state index in [0.717, 1.165) is 4.58 Å². The van der Waals surface area contributed by atoms with Gasteiger partial charge in [0, 0.05) is 10.3 Å². The lowest BCUT2D eigenvalue weighted by atomic mass is 10.9. The Morgan fingerprint density at radius 1 is 0.917 bits per heavy atom. The van der Waals surface area contributed by atoms with Crippen molar-refractivity contribution < 1.29 is 0 Å². The van der Waals surface area contributed by atoms with Gasteiger partial charge in [0.1, 0.15) is 0 Å². The molecule has 0 nitrogen and oxygen atoms in total. The summed E-state index contributed by atoms with van der Waals surface area (Å²) in [7, 11) is -0.737. The Hall–Kier alpha value is 1.05. The Bertz CT molecular complexity index is 116. The first kappa shape index (κ1) is 13.1. The van der Waals surface area contributed by atoms with E-state index in [1.54, 1.807) is 0 Å². The average Bonchev–Trinajstić information content (AvgIpc) is 1.77. The van der Waals surface area contributed by atoms with Gasteiger partial charge in [-0.1, -0.05) is 0 Å². The summed E-state index contributed by atoms with van der Waals surface area (Å²) >= 11 is 2.01. The maximum Gasteiger partial charge on any atom is 0.0270 e. The molecule has 0 unspecified atom stereocenters. The van der Waals surface area contributed by atoms with E-state index in [4.69, 9.17) is 0 Å². The lowest BCUT2D eigenvalue weighted by Gasteiger charge is -2.47. The van der Waals surface area contributed by atoms with Crippen molar-refractivity contribution in [3.05, 3.63) is 0 Å². The highest BCUT2D eigenvalue weighted by Crippen LogP contribution is 2.59. The predicted molar refractivity (Wildman–Crippen MR) is 72.9 cm³/mol. The fourth-order valence-electron chi connectivity index (χ4n) is 1.41. The van der Waals surface area contributed by atoms with Gasteiger partial charge in [-0.15, -0.1) is 0 Å². The molecule has 0 aromatic carbocycles. The van der Waals surface area contributed by atoms with Crippen molar-refractivity contribution in [2.45, 2.75) is 4.58 Å². The highest BCUT2D eigenvalue weighted by atomic mass is 32.3. The van der Waals surface area contributed by atoms with Crippen LogP contribution in [-0.2, 0) is 0 Å². The fraction of sp³-hybridized carbons (Fsp3) is 1.00. The van der Waals surface area contributed by atoms with E-state index in [-0.39, 0.29) is 20.1 Å². The van der Waals surface area contributed by atoms with Gasteiger partial charge >= 0.3 is 0 Å². The lowest BCUT2D eigenvalue weighted by Crippen LogP contribution is -2.24. The van der Waals surface area contributed by atoms with Gasteiger partial charge < -0.3 is 0 Å². The molecule has 0 aliphatic rings. The molecular weight excluding hydrogens is 204 g/mol. The van der Waals surface area contributed by atoms with E-state index < -0.39 is 0 Å². The Morgan fingerprint density at radius 3 is 1.33 bits per heavy atom. The van der Waals surface area contributed by atoms with Crippen LogP contribution in [0.25, 0.3) is 0 Å². The standard InChI is InChI=1S/C9H24S3/c1-10-8-9(11(2,3)4)12(5,6)7/h9H,8H2,1-7H3. The molecule has 0 bridgehead atoms. The summed E-state index contributed by atoms with van der Waals surface area (Å²) in [5, 5.41) is 0. The van der Waals surface area contributed by atoms with Gasteiger partial charge in [-0.05, 0) is 43.8 Å². The molecule has 0 rings (SSSR count). The van der Waals surface area contributed by atoms with Gasteiger partial charge in [-0.2, -0.15) is 11.8 Å². The van der Waals surface area contributed by atoms with Crippen LogP contribution in [0, 0.1) is 0 Å². The van der Waals surface area contributed by atoms with Crippen molar-refractivity contribution in [2.24, 2.45) is 0 Å². The van der Waals surface area contributed by atoms with Crippen LogP contribution in [0.3, 0.4) is 0 Å². The molecule has 0 aliphatic carbocycles. The van der Waals surface area contributed by atoms with Crippen LogP contribution in [0.1, 0.15) is 0 Å². The van der Waals surface area contributed by atoms with E-state index in [1.165, 1.54) is 5.75 Å². The minimum Gasteiger partial charge on any atom is -0.239 e. The van der Waals surface area contributed by atoms with Crippen LogP contribution in [0.15, 0.2) is 0 Å². The van der Waals surface area contributed by atoms with Gasteiger partial charge in [0.15, 0.2) is 0 Å². The Kier molecular flexibility index (Phi) is 4.91. The summed E-state index contributed by atoms with van der Waals surface area (Å²) < 4.78 is 0.958. The average molecular weight is 228 g/mol. The summed E-state index contributed by atoms with van der Waals surface area (Å²) in [4.78, 5) is 0. The molecule has 0 N–H and O–H groups in total. The largest absolute Gasteiger partial charge is 0.239 e. The first-order valence-electron chi connectivity index (χ1n) is 4.03. The van der Waals surface area contributed by atoms with E-state index in [1.807, 2.05) is 11.8 Å². The van der Waals surface area contributed by atoms with Gasteiger partial charge in [-0.3, -0.25) is 0 Å². The molecule has 0 saturated carbocycles. The number of hydrogen-bond donors (Lipinski definition) is 0. The van der Waals surface area contributed by atoms with Crippen LogP contribution in [0.4, 0.5) is 0 Å². The summed E-state index contributed by atoms with van der Waals surface area (Å²) in [6.07, 6.45) is 16.9. The molecule has 0 atom stereocenters. The van der Waals surface area contributed by atoms with Crippen molar-refractivity contribution in [1.29, 1.82) is 0 Å². The number of hydrogen-bond acceptors (Lipinski definition) is 1. The predicted octanol–water partition coefficient (Wildman–Crippen LogP) is 3.06. The third-order valence-corrected chi connectivity index (χ3v) is 9.92. The minimum atomic E-state index is -0.369. The molecular formula is C9H24S3. The maximum absolute atomic E-state index is 2.45. The third kappa shape index (κ3) is 4.33. The Labute approximate surface area is 85.9 Å². The van der Waals surface area contributed by atoms with Gasteiger partial charge in [0.2, 0.25) is 0 Å². The second-order valence-electron chi connectivity index (χ2n) is 4.75. The van der Waals surface area contributed by atoms with Crippen LogP contribution < -0.4 is 0 Å². The van der Waals surface area contributed by atoms with Crippen LogP contribution in [-0.4, -0.2) is 54.1 Å². The third-order valence-electron chi connectivity index (χ3n) is 1.88. The van der Waals surface area contributed by atoms with E-state index in [2.05, 4.69) is 43.8 Å². The first-order valence-corrected chi connectivity index (χ1v) is 11.3. The summed E-state index contributed by atoms with van der Waals surface area (Å²) in [5.41, 5.74) is 0. The van der Waals surface area contributed by atoms with Crippen LogP contribution >= 0.6 is 31.8 Å². The smallest absolute Gasteiger partial charge is 0.0270 e. The lowest BCUT2D eigenvalue weighted by molar-refractivity contribution is 1.39. The van der Waals surface area contributed by atoms with Gasteiger partial charge in [-0.25, -0.2) is 20.1 Å². The molecule has 0 amide bonds. The Balaban J connectivity index is 4.45. The van der Waals surface area contributed by atoms with E-state index in [0.29, 0.717) is 0 Å². The topological polar surface area (TPSA) is 0 Å². The van der Waals surface area contributed by atoms with Crippen molar-refractivity contribution in [3.63, 3.8) is 0 Å². The molecule has 0 aliphatic heterocycles. The molecule has 0 aromatic heterocycles. The zero-order valence-electron chi connectivity index (χ0n) is 9.51. The summed E-state index contributed by atoms with van der Waals surface area (Å²) in [6.45, 7) is 0. The van der Waals surface area contributed by atoms with Crippen molar-refractivity contribution in [3.8, 4) is 0 Å². The van der Waals surface area contributed by atoms with Crippen molar-refractivity contribution in [2.75, 3.05) is 49.5 Å². The zero-order valence-corrected chi connectivity index (χ0v) is 12.0. The molecule has 0 saturated heterocycles. The highest BCUT2D eigenvalue weighted by molar-refractivity contribution is 8.48. The quantitative estimate of drug-likeness (QED) is 0.713. The van der Waals surface area contributed by atoms with E-state index in [9.17, 15) is 0 Å². The van der Waals surface area contributed by atoms with Crippen LogP contribution in [0.5, 0.6) is 0 Å². The van der Waals surface area contributed by atoms with Gasteiger partial charge in [0.25, 0.3) is 0 Å². The second kappa shape index (κ2) is 4.52. The fourth-order valence-corrected chi connectivity index (χ4v) is 12.7. The Morgan fingerprint density at radius 2 is 1.25 bits per heavy atom. The second-order valence-corrected chi connectivity index (χ2v) is 14.8. The van der Waals surface area contributed by atoms with Crippen molar-refractivity contribution in [1.82, 2.24) is 0 Å². The first-order chi connectivity index (χ1) is 5.19. The molecule has 0 aromatic rings. The maximum atomic E-state index is 2.45.